The molecule has 0 heterocycles. The molecule has 18 heavy (non-hydrogen) atoms. The molecule has 0 aromatic heterocycles. The maximum absolute atomic E-state index is 11.5. The highest BCUT2D eigenvalue weighted by molar-refractivity contribution is 5.98. The number of phenols is 2. The Kier molecular flexibility index (Phi) is 4.53. The second kappa shape index (κ2) is 5.90. The number of benzene rings is 1. The van der Waals surface area contributed by atoms with Crippen molar-refractivity contribution in [3.63, 3.8) is 0 Å². The molecule has 1 aromatic carbocycles. The number of carbonyl (C=O) groups excluding carboxylic acids is 2. The Morgan fingerprint density at radius 3 is 2.67 bits per heavy atom. The van der Waals surface area contributed by atoms with Gasteiger partial charge in [-0.2, -0.15) is 0 Å². The number of hydrogen-bond acceptors (Lipinski definition) is 4. The van der Waals surface area contributed by atoms with E-state index in [1.165, 1.54) is 18.6 Å². The van der Waals surface area contributed by atoms with Gasteiger partial charge in [0.1, 0.15) is 11.5 Å². The molecule has 97 valence electrons. The van der Waals surface area contributed by atoms with Crippen LogP contribution < -0.4 is 11.1 Å². The van der Waals surface area contributed by atoms with Crippen LogP contribution in [0.3, 0.4) is 0 Å². The minimum Gasteiger partial charge on any atom is -0.508 e. The molecule has 0 fully saturated rings. The van der Waals surface area contributed by atoms with Crippen molar-refractivity contribution in [2.75, 3.05) is 5.32 Å². The lowest BCUT2D eigenvalue weighted by Gasteiger charge is -2.10. The van der Waals surface area contributed by atoms with Gasteiger partial charge in [-0.25, -0.2) is 0 Å². The first kappa shape index (κ1) is 13.8. The number of nitrogens with two attached hydrogens (primary N) is 1. The lowest BCUT2D eigenvalue weighted by molar-refractivity contribution is -0.118. The Bertz CT molecular complexity index is 459. The van der Waals surface area contributed by atoms with E-state index in [-0.39, 0.29) is 29.5 Å². The summed E-state index contributed by atoms with van der Waals surface area (Å²) in [7, 11) is 0. The second-order valence-corrected chi connectivity index (χ2v) is 4.01. The number of anilines is 1. The average Bonchev–Trinajstić information content (AvgIpc) is 2.20. The van der Waals surface area contributed by atoms with Crippen LogP contribution in [0.15, 0.2) is 18.2 Å². The summed E-state index contributed by atoms with van der Waals surface area (Å²) in [6, 6.07) is 3.82. The van der Waals surface area contributed by atoms with Gasteiger partial charge >= 0.3 is 0 Å². The minimum atomic E-state index is -0.487. The van der Waals surface area contributed by atoms with Crippen LogP contribution in [0.4, 0.5) is 5.69 Å². The summed E-state index contributed by atoms with van der Waals surface area (Å²) in [4.78, 5) is 22.2. The Hall–Kier alpha value is -2.24. The number of rotatable bonds is 5. The number of nitrogens with one attached hydrogen (secondary N) is 1. The topological polar surface area (TPSA) is 113 Å². The van der Waals surface area contributed by atoms with Crippen LogP contribution in [0.2, 0.25) is 0 Å². The number of phenolic OH excluding ortho intramolecular Hbond substituents is 2. The highest BCUT2D eigenvalue weighted by atomic mass is 16.3. The summed E-state index contributed by atoms with van der Waals surface area (Å²) < 4.78 is 0. The van der Waals surface area contributed by atoms with E-state index in [1.54, 1.807) is 6.92 Å². The average molecular weight is 251 g/mol. The lowest BCUT2D eigenvalue weighted by Crippen LogP contribution is -2.20. The zero-order valence-electron chi connectivity index (χ0n) is 9.88. The summed E-state index contributed by atoms with van der Waals surface area (Å²) in [5.74, 6) is -1.57. The maximum Gasteiger partial charge on any atom is 0.228 e. The van der Waals surface area contributed by atoms with E-state index in [1.807, 2.05) is 0 Å². The van der Waals surface area contributed by atoms with Crippen molar-refractivity contribution in [1.29, 1.82) is 0 Å². The monoisotopic (exact) mass is 251 g/mol. The third-order valence-corrected chi connectivity index (χ3v) is 2.20. The van der Waals surface area contributed by atoms with Crippen LogP contribution in [-0.2, 0) is 9.59 Å². The molecular formula is C12H15N2O4. The molecule has 2 amide bonds. The van der Waals surface area contributed by atoms with Gasteiger partial charge in [-0.3, -0.25) is 9.59 Å². The van der Waals surface area contributed by atoms with Crippen molar-refractivity contribution in [1.82, 2.24) is 0 Å². The van der Waals surface area contributed by atoms with Gasteiger partial charge in [-0.15, -0.1) is 0 Å². The zero-order valence-corrected chi connectivity index (χ0v) is 9.88. The molecule has 0 aliphatic heterocycles. The number of carbonyl (C=O) groups is 2. The molecule has 0 saturated carbocycles. The quantitative estimate of drug-likeness (QED) is 0.457. The van der Waals surface area contributed by atoms with Crippen LogP contribution in [0.5, 0.6) is 11.5 Å². The fourth-order valence-electron chi connectivity index (χ4n) is 1.43. The standard InChI is InChI=1S/C12H15N2O4/c1-7(4-11(13)17)5-12(18)14-9-3-2-8(15)6-10(9)16/h2-3,5-7,15-16H,4H2,1H3,(H2,13,17)(H,14,18)/t7-/m1/s1. The van der Waals surface area contributed by atoms with Crippen molar-refractivity contribution in [2.45, 2.75) is 13.3 Å². The Labute approximate surface area is 104 Å². The molecular weight excluding hydrogens is 236 g/mol. The predicted octanol–water partition coefficient (Wildman–Crippen LogP) is 0.752. The van der Waals surface area contributed by atoms with E-state index in [9.17, 15) is 14.7 Å². The fourth-order valence-corrected chi connectivity index (χ4v) is 1.43. The van der Waals surface area contributed by atoms with Gasteiger partial charge in [0.15, 0.2) is 0 Å². The molecule has 0 aliphatic rings. The molecule has 0 unspecified atom stereocenters. The molecule has 1 radical (unpaired) electrons. The Morgan fingerprint density at radius 1 is 1.44 bits per heavy atom. The third-order valence-electron chi connectivity index (χ3n) is 2.20. The first-order valence-electron chi connectivity index (χ1n) is 5.34. The molecule has 5 N–H and O–H groups in total. The molecule has 6 heteroatoms. The van der Waals surface area contributed by atoms with Gasteiger partial charge in [-0.1, -0.05) is 6.92 Å². The molecule has 1 atom stereocenters. The maximum atomic E-state index is 11.5. The van der Waals surface area contributed by atoms with E-state index in [4.69, 9.17) is 10.8 Å². The summed E-state index contributed by atoms with van der Waals surface area (Å²) in [6.45, 7) is 1.68. The van der Waals surface area contributed by atoms with Crippen molar-refractivity contribution in [2.24, 2.45) is 11.7 Å². The van der Waals surface area contributed by atoms with Crippen LogP contribution in [0.1, 0.15) is 13.3 Å². The van der Waals surface area contributed by atoms with E-state index >= 15 is 0 Å². The summed E-state index contributed by atoms with van der Waals surface area (Å²) in [5.41, 5.74) is 5.18. The van der Waals surface area contributed by atoms with Gasteiger partial charge < -0.3 is 21.3 Å². The van der Waals surface area contributed by atoms with Gasteiger partial charge in [-0.05, 0) is 18.1 Å². The number of hydrogen-bond donors (Lipinski definition) is 4. The van der Waals surface area contributed by atoms with Crippen LogP contribution in [-0.4, -0.2) is 22.0 Å². The summed E-state index contributed by atoms with van der Waals surface area (Å²) in [6.07, 6.45) is 1.38. The van der Waals surface area contributed by atoms with Gasteiger partial charge in [0.25, 0.3) is 0 Å². The molecule has 6 nitrogen and oxygen atoms in total. The molecule has 1 aromatic rings. The van der Waals surface area contributed by atoms with Gasteiger partial charge in [0.05, 0.1) is 12.1 Å². The summed E-state index contributed by atoms with van der Waals surface area (Å²) >= 11 is 0. The van der Waals surface area contributed by atoms with Crippen molar-refractivity contribution in [3.05, 3.63) is 24.6 Å². The largest absolute Gasteiger partial charge is 0.508 e. The molecule has 1 rings (SSSR count). The van der Waals surface area contributed by atoms with Crippen molar-refractivity contribution in [3.8, 4) is 11.5 Å². The third kappa shape index (κ3) is 4.32. The second-order valence-electron chi connectivity index (χ2n) is 4.01. The fraction of sp³-hybridized carbons (Fsp3) is 0.250. The zero-order chi connectivity index (χ0) is 13.7. The Balaban J connectivity index is 2.56. The van der Waals surface area contributed by atoms with Gasteiger partial charge in [0.2, 0.25) is 11.8 Å². The van der Waals surface area contributed by atoms with E-state index in [0.29, 0.717) is 0 Å². The van der Waals surface area contributed by atoms with Gasteiger partial charge in [0, 0.05) is 12.5 Å². The molecule has 0 aliphatic carbocycles. The smallest absolute Gasteiger partial charge is 0.228 e. The van der Waals surface area contributed by atoms with Crippen LogP contribution in [0, 0.1) is 12.3 Å². The minimum absolute atomic E-state index is 0.0784. The number of primary amides is 1. The van der Waals surface area contributed by atoms with E-state index in [2.05, 4.69) is 5.32 Å². The number of amides is 2. The van der Waals surface area contributed by atoms with Crippen molar-refractivity contribution < 1.29 is 19.8 Å². The van der Waals surface area contributed by atoms with Crippen molar-refractivity contribution >= 4 is 17.5 Å². The Morgan fingerprint density at radius 2 is 2.11 bits per heavy atom. The van der Waals surface area contributed by atoms with E-state index < -0.39 is 11.8 Å². The first-order valence-corrected chi connectivity index (χ1v) is 5.34. The SMILES string of the molecule is C[C@@H]([CH]C(=O)Nc1ccc(O)cc1O)CC(N)=O. The van der Waals surface area contributed by atoms with Crippen LogP contribution >= 0.6 is 0 Å². The molecule has 0 spiro atoms. The predicted molar refractivity (Wildman–Crippen MR) is 65.7 cm³/mol. The highest BCUT2D eigenvalue weighted by Gasteiger charge is 2.13. The highest BCUT2D eigenvalue weighted by Crippen LogP contribution is 2.27. The first-order chi connectivity index (χ1) is 8.38. The normalized spacial score (nSPS) is 11.8. The lowest BCUT2D eigenvalue weighted by atomic mass is 10.0. The number of aromatic hydroxyl groups is 2. The molecule has 0 bridgehead atoms. The van der Waals surface area contributed by atoms with E-state index in [0.717, 1.165) is 6.07 Å². The molecule has 0 saturated heterocycles. The summed E-state index contributed by atoms with van der Waals surface area (Å²) in [5, 5.41) is 21.0. The van der Waals surface area contributed by atoms with Crippen LogP contribution in [0.25, 0.3) is 0 Å².